The van der Waals surface area contributed by atoms with E-state index < -0.39 is 159 Å². The lowest BCUT2D eigenvalue weighted by Gasteiger charge is -2.36. The van der Waals surface area contributed by atoms with E-state index in [1.165, 1.54) is 65.6 Å². The Balaban J connectivity index is 0.000000362. The van der Waals surface area contributed by atoms with Gasteiger partial charge in [0.2, 0.25) is 17.3 Å². The molecule has 37 nitrogen and oxygen atoms in total. The van der Waals surface area contributed by atoms with Crippen LogP contribution in [0.4, 0.5) is 0 Å². The number of nitrogens with zero attached hydrogens (tertiary/aromatic N) is 3. The van der Waals surface area contributed by atoms with Crippen molar-refractivity contribution in [3.8, 4) is 51.7 Å². The fraction of sp³-hybridized carbons (Fsp3) is 0.486. The second-order valence-electron chi connectivity index (χ2n) is 38.6. The van der Waals surface area contributed by atoms with Gasteiger partial charge in [-0.25, -0.2) is 43.2 Å². The number of piperidine rings is 3. The van der Waals surface area contributed by atoms with E-state index in [1.54, 1.807) is 149 Å². The fourth-order valence-electron chi connectivity index (χ4n) is 15.4. The number of hydrogen-bond donors (Lipinski definition) is 3. The highest BCUT2D eigenvalue weighted by atomic mass is 16.6. The Hall–Kier alpha value is -14.7. The highest BCUT2D eigenvalue weighted by molar-refractivity contribution is 6.39. The van der Waals surface area contributed by atoms with Crippen molar-refractivity contribution >= 4 is 88.8 Å². The zero-order chi connectivity index (χ0) is 109. The first kappa shape index (κ1) is 124. The van der Waals surface area contributed by atoms with Crippen molar-refractivity contribution in [3.05, 3.63) is 199 Å². The number of benzene rings is 6. The van der Waals surface area contributed by atoms with Crippen LogP contribution >= 0.6 is 0 Å². The molecule has 9 rings (SSSR count). The minimum atomic E-state index is -1.33. The SMILES string of the molecule is C.C=CC(=O)OCC(C)(C)C(=O)C(=O)N1CCCC[C@H]1C(=O)O.C=CC(=O)OCC(C)(C)C(=O)C(=O)N1CCCC[C@H]1C(=O)O[C@H](CCc1ccc(OC)c(OC)c1)c1cccc(OCC(=O)O)c1.C=CC(=O)OCC(C)(C)C(=O)C(=O)N1CCCC[C@H]1C(=O)O[C@H](CCc1ccc(OC)c(OC)c1)c1cccc(OCC(=O)OC(C)(C)C)c1.COc1ccc(CC[C@@H](O)c2cccc(OCC(=O)OC(C)(C)C)c2)cc1OC. The molecule has 3 aliphatic rings. The average molecular weight is 2070 g/mol. The number of esters is 7. The molecule has 3 amide bonds. The van der Waals surface area contributed by atoms with E-state index in [2.05, 4.69) is 19.7 Å². The molecule has 3 saturated heterocycles. The highest BCUT2D eigenvalue weighted by Crippen LogP contribution is 2.38. The number of carbonyl (C=O) groups excluding carboxylic acids is 13. The number of carboxylic acids is 2. The predicted octanol–water partition coefficient (Wildman–Crippen LogP) is 14.9. The summed E-state index contributed by atoms with van der Waals surface area (Å²) in [6.07, 6.45) is 8.28. The molecule has 0 aliphatic carbocycles. The molecule has 3 heterocycles. The Morgan fingerprint density at radius 3 is 0.959 bits per heavy atom. The predicted molar refractivity (Wildman–Crippen MR) is 544 cm³/mol. The Labute approximate surface area is 865 Å². The maximum absolute atomic E-state index is 13.9. The van der Waals surface area contributed by atoms with E-state index in [0.717, 1.165) is 45.4 Å². The summed E-state index contributed by atoms with van der Waals surface area (Å²) in [6, 6.07) is 34.3. The van der Waals surface area contributed by atoms with Crippen molar-refractivity contribution < 1.29 is 163 Å². The van der Waals surface area contributed by atoms with Crippen molar-refractivity contribution in [1.82, 2.24) is 14.7 Å². The van der Waals surface area contributed by atoms with Crippen molar-refractivity contribution in [3.63, 3.8) is 0 Å². The number of ketones is 3. The van der Waals surface area contributed by atoms with E-state index in [0.29, 0.717) is 153 Å². The highest BCUT2D eigenvalue weighted by Gasteiger charge is 2.46. The van der Waals surface area contributed by atoms with Crippen molar-refractivity contribution in [2.24, 2.45) is 16.2 Å². The number of hydrogen-bond acceptors (Lipinski definition) is 32. The fourth-order valence-corrected chi connectivity index (χ4v) is 15.4. The molecule has 0 spiro atoms. The summed E-state index contributed by atoms with van der Waals surface area (Å²) in [6.45, 7) is 28.2. The van der Waals surface area contributed by atoms with Gasteiger partial charge in [-0.05, 0) is 286 Å². The largest absolute Gasteiger partial charge is 0.493 e. The molecule has 0 unspecified atom stereocenters. The van der Waals surface area contributed by atoms with Gasteiger partial charge in [-0.1, -0.05) is 81.8 Å². The molecule has 0 bridgehead atoms. The number of aliphatic hydroxyl groups is 1. The number of likely N-dealkylation sites (tertiary alicyclic amines) is 3. The number of rotatable bonds is 47. The Morgan fingerprint density at radius 2 is 0.662 bits per heavy atom. The molecule has 37 heteroatoms. The topological polar surface area (TPSA) is 474 Å². The third-order valence-electron chi connectivity index (χ3n) is 23.3. The molecular formula is C111H145N3O34. The molecule has 6 aromatic carbocycles. The van der Waals surface area contributed by atoms with Gasteiger partial charge in [0.05, 0.1) is 65.0 Å². The van der Waals surface area contributed by atoms with Gasteiger partial charge in [0, 0.05) is 37.9 Å². The first-order valence-electron chi connectivity index (χ1n) is 48.1. The van der Waals surface area contributed by atoms with Gasteiger partial charge < -0.3 is 106 Å². The lowest BCUT2D eigenvalue weighted by molar-refractivity contribution is -0.165. The first-order chi connectivity index (χ1) is 69.4. The number of aliphatic carboxylic acids is 2. The van der Waals surface area contributed by atoms with Crippen LogP contribution in [0.2, 0.25) is 0 Å². The number of carboxylic acid groups (broad SMARTS) is 2. The number of Topliss-reactive ketones (excluding diaryl/α,β-unsaturated/α-hetero) is 3. The summed E-state index contributed by atoms with van der Waals surface area (Å²) >= 11 is 0. The molecule has 0 radical (unpaired) electrons. The molecule has 148 heavy (non-hydrogen) atoms. The maximum Gasteiger partial charge on any atom is 0.344 e. The second-order valence-corrected chi connectivity index (χ2v) is 38.6. The molecule has 3 N–H and O–H groups in total. The quantitative estimate of drug-likeness (QED) is 0.0138. The number of amides is 3. The monoisotopic (exact) mass is 2060 g/mol. The van der Waals surface area contributed by atoms with Crippen LogP contribution in [0.5, 0.6) is 51.7 Å². The summed E-state index contributed by atoms with van der Waals surface area (Å²) in [5, 5.41) is 28.8. The first-order valence-corrected chi connectivity index (χ1v) is 48.1. The van der Waals surface area contributed by atoms with Gasteiger partial charge in [0.1, 0.15) is 78.6 Å². The minimum Gasteiger partial charge on any atom is -0.493 e. The third-order valence-corrected chi connectivity index (χ3v) is 23.3. The molecule has 3 fully saturated rings. The smallest absolute Gasteiger partial charge is 0.344 e. The molecule has 0 aromatic heterocycles. The van der Waals surface area contributed by atoms with Gasteiger partial charge in [-0.3, -0.25) is 28.8 Å². The Kier molecular flexibility index (Phi) is 49.6. The van der Waals surface area contributed by atoms with Gasteiger partial charge >= 0.3 is 53.7 Å². The van der Waals surface area contributed by atoms with Gasteiger partial charge in [0.25, 0.3) is 17.7 Å². The van der Waals surface area contributed by atoms with Crippen molar-refractivity contribution in [2.75, 3.05) is 102 Å². The molecular weight excluding hydrogens is 1920 g/mol. The third kappa shape index (κ3) is 39.6. The average Bonchev–Trinajstić information content (AvgIpc) is 0.796. The number of aliphatic hydroxyl groups excluding tert-OH is 1. The maximum atomic E-state index is 13.9. The van der Waals surface area contributed by atoms with Crippen LogP contribution < -0.4 is 42.6 Å². The van der Waals surface area contributed by atoms with Crippen LogP contribution in [-0.2, 0) is 124 Å². The van der Waals surface area contributed by atoms with E-state index in [9.17, 15) is 77.0 Å². The zero-order valence-corrected chi connectivity index (χ0v) is 87.3. The molecule has 6 atom stereocenters. The standard InChI is InChI=1S/C38H49NO11.C34H41NO11.C23H30O6.C15H21NO6.CH4/c1-9-32(40)48-24-38(5,6)34(42)35(43)39-20-11-10-15-28(39)36(44)49-29(18-16-25-17-19-30(45-7)31(21-25)46-8)26-13-12-14-27(22-26)47-23-33(41)50-37(2,3)4;1-6-30(38)45-21-34(2,3)31(39)32(40)35-17-8-7-12-25(35)33(41)46-26(23-10-9-11-24(19-23)44-20-29(36)37)15-13-22-14-16-27(42-4)28(18-22)43-5;1-23(2,3)29-22(25)15-28-18-8-6-7-17(14-18)19(24)11-9-16-10-12-20(26-4)21(13-16)27-5;1-4-11(17)22-9-15(2,3)12(18)13(19)16-8-6-5-7-10(16)14(20)21;/h9,12-14,17,19,21-22,28-29H,1,10-11,15-16,18,20,23-24H2,2-8H3;6,9-11,14,16,18-19,25-26H,1,7-8,12-13,15,17,20-21H2,2-5H3,(H,36,37);6-8,10,12-14,19,24H,9,11,15H2,1-5H3;4,10H,1,5-9H2,2-3H3,(H,20,21);1H4/t28-,29+;25-,26+;19-;10-;/m0010./s1. The summed E-state index contributed by atoms with van der Waals surface area (Å²) in [5.74, 6) is -6.79. The second kappa shape index (κ2) is 59.2. The Bertz CT molecular complexity index is 5570. The van der Waals surface area contributed by atoms with Gasteiger partial charge in [-0.2, -0.15) is 0 Å². The Morgan fingerprint density at radius 1 is 0.372 bits per heavy atom. The van der Waals surface area contributed by atoms with Crippen molar-refractivity contribution in [1.29, 1.82) is 0 Å². The van der Waals surface area contributed by atoms with Gasteiger partial charge in [0.15, 0.2) is 54.3 Å². The van der Waals surface area contributed by atoms with E-state index in [-0.39, 0.29) is 65.8 Å². The normalized spacial score (nSPS) is 15.0. The van der Waals surface area contributed by atoms with Crippen LogP contribution in [0, 0.1) is 16.2 Å². The number of ether oxygens (including phenoxy) is 16. The van der Waals surface area contributed by atoms with E-state index in [1.807, 2.05) is 48.5 Å². The van der Waals surface area contributed by atoms with Gasteiger partial charge in [-0.15, -0.1) is 0 Å². The van der Waals surface area contributed by atoms with Crippen LogP contribution in [0.25, 0.3) is 0 Å². The summed E-state index contributed by atoms with van der Waals surface area (Å²) in [7, 11) is 9.37. The van der Waals surface area contributed by atoms with E-state index in [4.69, 9.17) is 86.0 Å². The number of aryl methyl sites for hydroxylation is 3. The molecule has 808 valence electrons. The molecule has 6 aromatic rings. The van der Waals surface area contributed by atoms with Crippen LogP contribution in [0.15, 0.2) is 165 Å². The summed E-state index contributed by atoms with van der Waals surface area (Å²) in [4.78, 5) is 190. The molecule has 3 aliphatic heterocycles. The summed E-state index contributed by atoms with van der Waals surface area (Å²) < 4.78 is 86.4. The number of methoxy groups -OCH3 is 6. The van der Waals surface area contributed by atoms with Crippen molar-refractivity contribution in [2.45, 2.75) is 234 Å². The van der Waals surface area contributed by atoms with Crippen LogP contribution in [0.1, 0.15) is 219 Å². The van der Waals surface area contributed by atoms with Crippen LogP contribution in [0.3, 0.4) is 0 Å². The molecule has 0 saturated carbocycles. The lowest BCUT2D eigenvalue weighted by Crippen LogP contribution is -2.53. The number of carbonyl (C=O) groups is 15. The van der Waals surface area contributed by atoms with E-state index >= 15 is 0 Å². The minimum absolute atomic E-state index is 0. The van der Waals surface area contributed by atoms with Crippen LogP contribution in [-0.4, -0.2) is 250 Å². The zero-order valence-electron chi connectivity index (χ0n) is 87.3. The summed E-state index contributed by atoms with van der Waals surface area (Å²) in [5.41, 5.74) is -0.383. The lowest BCUT2D eigenvalue weighted by atomic mass is 9.87.